The second kappa shape index (κ2) is 6.09. The number of nitrogens with zero attached hydrogens (tertiary/aromatic N) is 1. The minimum atomic E-state index is 0. The van der Waals surface area contributed by atoms with E-state index in [-0.39, 0.29) is 24.5 Å². The van der Waals surface area contributed by atoms with E-state index in [9.17, 15) is 4.79 Å². The number of carbonyl (C=O) groups excluding carboxylic acids is 1. The summed E-state index contributed by atoms with van der Waals surface area (Å²) >= 11 is 0. The van der Waals surface area contributed by atoms with Gasteiger partial charge >= 0.3 is 6.03 Å². The lowest BCUT2D eigenvalue weighted by molar-refractivity contribution is 0.205. The van der Waals surface area contributed by atoms with Crippen LogP contribution in [-0.4, -0.2) is 43.2 Å². The van der Waals surface area contributed by atoms with Crippen LogP contribution in [0.2, 0.25) is 0 Å². The first-order valence-electron chi connectivity index (χ1n) is 4.86. The van der Waals surface area contributed by atoms with Gasteiger partial charge in [-0.1, -0.05) is 0 Å². The smallest absolute Gasteiger partial charge is 0.317 e. The van der Waals surface area contributed by atoms with Crippen LogP contribution in [0.5, 0.6) is 0 Å². The lowest BCUT2D eigenvalue weighted by atomic mass is 10.3. The molecule has 84 valence electrons. The van der Waals surface area contributed by atoms with Crippen LogP contribution in [0.15, 0.2) is 0 Å². The SMILES string of the molecule is CN[C@@H]1CCN(C(=O)NC(C)C)C1.Cl. The number of urea groups is 1. The van der Waals surface area contributed by atoms with E-state index in [1.807, 2.05) is 25.8 Å². The molecule has 0 bridgehead atoms. The lowest BCUT2D eigenvalue weighted by Gasteiger charge is -2.18. The molecule has 1 atom stereocenters. The number of nitrogens with one attached hydrogen (secondary N) is 2. The summed E-state index contributed by atoms with van der Waals surface area (Å²) in [5, 5.41) is 6.07. The summed E-state index contributed by atoms with van der Waals surface area (Å²) in [5.41, 5.74) is 0. The Morgan fingerprint density at radius 1 is 1.50 bits per heavy atom. The highest BCUT2D eigenvalue weighted by molar-refractivity contribution is 5.85. The van der Waals surface area contributed by atoms with Gasteiger partial charge in [0.2, 0.25) is 0 Å². The topological polar surface area (TPSA) is 44.4 Å². The number of carbonyl (C=O) groups is 1. The Hall–Kier alpha value is -0.480. The van der Waals surface area contributed by atoms with Crippen molar-refractivity contribution in [1.82, 2.24) is 15.5 Å². The predicted molar refractivity (Wildman–Crippen MR) is 60.0 cm³/mol. The van der Waals surface area contributed by atoms with Gasteiger partial charge in [-0.25, -0.2) is 4.79 Å². The number of halogens is 1. The molecule has 0 aromatic heterocycles. The zero-order chi connectivity index (χ0) is 9.84. The maximum absolute atomic E-state index is 11.5. The molecule has 5 heteroatoms. The number of hydrogen-bond donors (Lipinski definition) is 2. The Labute approximate surface area is 91.8 Å². The fourth-order valence-electron chi connectivity index (χ4n) is 1.52. The molecule has 0 spiro atoms. The van der Waals surface area contributed by atoms with Gasteiger partial charge < -0.3 is 15.5 Å². The molecule has 2 N–H and O–H groups in total. The first-order valence-corrected chi connectivity index (χ1v) is 4.86. The third-order valence-electron chi connectivity index (χ3n) is 2.30. The lowest BCUT2D eigenvalue weighted by Crippen LogP contribution is -2.42. The van der Waals surface area contributed by atoms with E-state index in [0.717, 1.165) is 19.5 Å². The van der Waals surface area contributed by atoms with Crippen LogP contribution in [-0.2, 0) is 0 Å². The van der Waals surface area contributed by atoms with E-state index in [1.54, 1.807) is 0 Å². The van der Waals surface area contributed by atoms with Crippen molar-refractivity contribution in [3.05, 3.63) is 0 Å². The summed E-state index contributed by atoms with van der Waals surface area (Å²) in [7, 11) is 1.94. The molecule has 14 heavy (non-hydrogen) atoms. The summed E-state index contributed by atoms with van der Waals surface area (Å²) < 4.78 is 0. The van der Waals surface area contributed by atoms with Crippen molar-refractivity contribution in [1.29, 1.82) is 0 Å². The van der Waals surface area contributed by atoms with Crippen molar-refractivity contribution >= 4 is 18.4 Å². The molecular formula is C9H20ClN3O. The fourth-order valence-corrected chi connectivity index (χ4v) is 1.52. The maximum Gasteiger partial charge on any atom is 0.317 e. The number of likely N-dealkylation sites (N-methyl/N-ethyl adjacent to an activating group) is 1. The highest BCUT2D eigenvalue weighted by Gasteiger charge is 2.24. The molecule has 1 fully saturated rings. The second-order valence-electron chi connectivity index (χ2n) is 3.82. The summed E-state index contributed by atoms with van der Waals surface area (Å²) in [6.07, 6.45) is 1.06. The molecule has 1 rings (SSSR count). The standard InChI is InChI=1S/C9H19N3O.ClH/c1-7(2)11-9(13)12-5-4-8(6-12)10-3;/h7-8,10H,4-6H2,1-3H3,(H,11,13);1H/t8-;/m1./s1. The Balaban J connectivity index is 0.00000169. The van der Waals surface area contributed by atoms with Gasteiger partial charge in [0.1, 0.15) is 0 Å². The van der Waals surface area contributed by atoms with Gasteiger partial charge in [0, 0.05) is 25.2 Å². The van der Waals surface area contributed by atoms with E-state index in [4.69, 9.17) is 0 Å². The van der Waals surface area contributed by atoms with Gasteiger partial charge in [0.15, 0.2) is 0 Å². The minimum Gasteiger partial charge on any atom is -0.336 e. The molecule has 0 radical (unpaired) electrons. The normalized spacial score (nSPS) is 20.9. The van der Waals surface area contributed by atoms with Crippen LogP contribution in [0.3, 0.4) is 0 Å². The zero-order valence-corrected chi connectivity index (χ0v) is 9.86. The van der Waals surface area contributed by atoms with Crippen molar-refractivity contribution in [2.24, 2.45) is 0 Å². The van der Waals surface area contributed by atoms with E-state index in [2.05, 4.69) is 10.6 Å². The van der Waals surface area contributed by atoms with Crippen LogP contribution >= 0.6 is 12.4 Å². The van der Waals surface area contributed by atoms with E-state index >= 15 is 0 Å². The molecule has 0 aliphatic carbocycles. The van der Waals surface area contributed by atoms with Gasteiger partial charge in [-0.3, -0.25) is 0 Å². The monoisotopic (exact) mass is 221 g/mol. The Bertz CT molecular complexity index is 187. The third-order valence-corrected chi connectivity index (χ3v) is 2.30. The molecule has 0 aromatic rings. The summed E-state index contributed by atoms with van der Waals surface area (Å²) in [6, 6.07) is 0.756. The molecule has 0 aromatic carbocycles. The average Bonchev–Trinajstić information content (AvgIpc) is 2.50. The van der Waals surface area contributed by atoms with Gasteiger partial charge in [-0.2, -0.15) is 0 Å². The fraction of sp³-hybridized carbons (Fsp3) is 0.889. The van der Waals surface area contributed by atoms with Crippen molar-refractivity contribution in [3.63, 3.8) is 0 Å². The van der Waals surface area contributed by atoms with Crippen molar-refractivity contribution in [3.8, 4) is 0 Å². The first-order chi connectivity index (χ1) is 6.13. The molecule has 1 heterocycles. The Morgan fingerprint density at radius 3 is 2.57 bits per heavy atom. The van der Waals surface area contributed by atoms with Crippen LogP contribution in [0.25, 0.3) is 0 Å². The number of rotatable bonds is 2. The first kappa shape index (κ1) is 13.5. The summed E-state index contributed by atoms with van der Waals surface area (Å²) in [4.78, 5) is 13.4. The Morgan fingerprint density at radius 2 is 2.14 bits per heavy atom. The van der Waals surface area contributed by atoms with Crippen LogP contribution in [0, 0.1) is 0 Å². The van der Waals surface area contributed by atoms with Gasteiger partial charge in [0.05, 0.1) is 0 Å². The molecule has 0 unspecified atom stereocenters. The van der Waals surface area contributed by atoms with E-state index in [0.29, 0.717) is 6.04 Å². The van der Waals surface area contributed by atoms with Crippen molar-refractivity contribution in [2.75, 3.05) is 20.1 Å². The van der Waals surface area contributed by atoms with E-state index < -0.39 is 0 Å². The molecular weight excluding hydrogens is 202 g/mol. The molecule has 1 saturated heterocycles. The summed E-state index contributed by atoms with van der Waals surface area (Å²) in [6.45, 7) is 5.65. The molecule has 4 nitrogen and oxygen atoms in total. The predicted octanol–water partition coefficient (Wildman–Crippen LogP) is 0.820. The van der Waals surface area contributed by atoms with E-state index in [1.165, 1.54) is 0 Å². The Kier molecular flexibility index (Phi) is 5.88. The average molecular weight is 222 g/mol. The van der Waals surface area contributed by atoms with Crippen LogP contribution in [0.4, 0.5) is 4.79 Å². The van der Waals surface area contributed by atoms with Gasteiger partial charge in [0.25, 0.3) is 0 Å². The molecule has 0 saturated carbocycles. The molecule has 2 amide bonds. The van der Waals surface area contributed by atoms with Crippen molar-refractivity contribution < 1.29 is 4.79 Å². The zero-order valence-electron chi connectivity index (χ0n) is 9.04. The van der Waals surface area contributed by atoms with Crippen LogP contribution < -0.4 is 10.6 Å². The van der Waals surface area contributed by atoms with Gasteiger partial charge in [-0.15, -0.1) is 12.4 Å². The van der Waals surface area contributed by atoms with Crippen molar-refractivity contribution in [2.45, 2.75) is 32.4 Å². The number of amides is 2. The summed E-state index contributed by atoms with van der Waals surface area (Å²) in [5.74, 6) is 0. The quantitative estimate of drug-likeness (QED) is 0.725. The minimum absolute atomic E-state index is 0. The largest absolute Gasteiger partial charge is 0.336 e. The maximum atomic E-state index is 11.5. The highest BCUT2D eigenvalue weighted by Crippen LogP contribution is 2.08. The highest BCUT2D eigenvalue weighted by atomic mass is 35.5. The van der Waals surface area contributed by atoms with Crippen LogP contribution in [0.1, 0.15) is 20.3 Å². The second-order valence-corrected chi connectivity index (χ2v) is 3.82. The molecule has 1 aliphatic heterocycles. The molecule has 1 aliphatic rings. The number of likely N-dealkylation sites (tertiary alicyclic amines) is 1. The third kappa shape index (κ3) is 3.72. The van der Waals surface area contributed by atoms with Gasteiger partial charge in [-0.05, 0) is 27.3 Å². The number of hydrogen-bond acceptors (Lipinski definition) is 2.